The van der Waals surface area contributed by atoms with Crippen molar-refractivity contribution >= 4 is 11.7 Å². The number of amides is 2. The van der Waals surface area contributed by atoms with Crippen LogP contribution >= 0.6 is 0 Å². The molecule has 0 aromatic heterocycles. The summed E-state index contributed by atoms with van der Waals surface area (Å²) in [7, 11) is 0. The Balaban J connectivity index is 1.98. The van der Waals surface area contributed by atoms with Gasteiger partial charge in [0, 0.05) is 32.2 Å². The van der Waals surface area contributed by atoms with Crippen molar-refractivity contribution in [1.29, 1.82) is 0 Å². The highest BCUT2D eigenvalue weighted by molar-refractivity contribution is 5.89. The van der Waals surface area contributed by atoms with Crippen LogP contribution in [0.2, 0.25) is 0 Å². The van der Waals surface area contributed by atoms with Crippen LogP contribution in [0.25, 0.3) is 0 Å². The third kappa shape index (κ3) is 3.47. The maximum absolute atomic E-state index is 13.5. The number of carbonyl (C=O) groups excluding carboxylic acids is 1. The van der Waals surface area contributed by atoms with Crippen LogP contribution in [0.3, 0.4) is 0 Å². The lowest BCUT2D eigenvalue weighted by atomic mass is 10.2. The first-order valence-corrected chi connectivity index (χ1v) is 6.83. The molecule has 4 nitrogen and oxygen atoms in total. The minimum atomic E-state index is -1.59. The standard InChI is InChI=1S/C14H18F3N3O/c1-9(2)19-5-7-20(8-6-19)14(21)18-11-4-3-10(15)12(16)13(11)17/h3-4,9H,5-8H2,1-2H3,(H,18,21). The van der Waals surface area contributed by atoms with E-state index in [1.807, 2.05) is 0 Å². The molecular weight excluding hydrogens is 283 g/mol. The van der Waals surface area contributed by atoms with Crippen LogP contribution in [0, 0.1) is 17.5 Å². The van der Waals surface area contributed by atoms with E-state index in [1.165, 1.54) is 4.90 Å². The number of hydrogen-bond donors (Lipinski definition) is 1. The fourth-order valence-corrected chi connectivity index (χ4v) is 2.26. The number of nitrogens with zero attached hydrogens (tertiary/aromatic N) is 2. The van der Waals surface area contributed by atoms with E-state index in [2.05, 4.69) is 24.1 Å². The van der Waals surface area contributed by atoms with E-state index in [-0.39, 0.29) is 5.69 Å². The van der Waals surface area contributed by atoms with Gasteiger partial charge in [0.25, 0.3) is 0 Å². The average molecular weight is 301 g/mol. The smallest absolute Gasteiger partial charge is 0.322 e. The highest BCUT2D eigenvalue weighted by Crippen LogP contribution is 2.20. The number of carbonyl (C=O) groups is 1. The van der Waals surface area contributed by atoms with E-state index < -0.39 is 23.5 Å². The largest absolute Gasteiger partial charge is 0.322 e. The van der Waals surface area contributed by atoms with E-state index in [9.17, 15) is 18.0 Å². The van der Waals surface area contributed by atoms with Crippen molar-refractivity contribution in [3.8, 4) is 0 Å². The van der Waals surface area contributed by atoms with Gasteiger partial charge in [-0.3, -0.25) is 4.90 Å². The number of hydrogen-bond acceptors (Lipinski definition) is 2. The molecule has 1 saturated heterocycles. The van der Waals surface area contributed by atoms with Crippen molar-refractivity contribution < 1.29 is 18.0 Å². The Hall–Kier alpha value is -1.76. The Morgan fingerprint density at radius 1 is 1.10 bits per heavy atom. The zero-order chi connectivity index (χ0) is 15.6. The average Bonchev–Trinajstić information content (AvgIpc) is 2.48. The monoisotopic (exact) mass is 301 g/mol. The van der Waals surface area contributed by atoms with Crippen LogP contribution in [-0.2, 0) is 0 Å². The Kier molecular flexibility index (Phi) is 4.72. The Bertz CT molecular complexity index is 528. The van der Waals surface area contributed by atoms with Gasteiger partial charge in [-0.25, -0.2) is 18.0 Å². The normalized spacial score (nSPS) is 16.4. The van der Waals surface area contributed by atoms with E-state index in [1.54, 1.807) is 0 Å². The molecule has 0 radical (unpaired) electrons. The summed E-state index contributed by atoms with van der Waals surface area (Å²) in [6.45, 7) is 6.63. The molecule has 1 aliphatic heterocycles. The Morgan fingerprint density at radius 3 is 2.29 bits per heavy atom. The van der Waals surface area contributed by atoms with Crippen molar-refractivity contribution in [2.45, 2.75) is 19.9 Å². The quantitative estimate of drug-likeness (QED) is 0.853. The number of benzene rings is 1. The van der Waals surface area contributed by atoms with E-state index >= 15 is 0 Å². The summed E-state index contributed by atoms with van der Waals surface area (Å²) in [6.07, 6.45) is 0. The lowest BCUT2D eigenvalue weighted by molar-refractivity contribution is 0.125. The number of nitrogens with one attached hydrogen (secondary N) is 1. The molecule has 0 atom stereocenters. The van der Waals surface area contributed by atoms with Crippen LogP contribution < -0.4 is 5.32 Å². The van der Waals surface area contributed by atoms with Gasteiger partial charge in [-0.2, -0.15) is 0 Å². The molecule has 2 amide bonds. The molecule has 116 valence electrons. The minimum absolute atomic E-state index is 0.356. The molecule has 0 saturated carbocycles. The first kappa shape index (κ1) is 15.6. The number of halogens is 3. The SMILES string of the molecule is CC(C)N1CCN(C(=O)Nc2ccc(F)c(F)c2F)CC1. The van der Waals surface area contributed by atoms with Crippen molar-refractivity contribution in [3.05, 3.63) is 29.6 Å². The molecule has 1 aromatic rings. The molecule has 7 heteroatoms. The first-order valence-electron chi connectivity index (χ1n) is 6.83. The summed E-state index contributed by atoms with van der Waals surface area (Å²) >= 11 is 0. The van der Waals surface area contributed by atoms with E-state index in [0.717, 1.165) is 25.2 Å². The van der Waals surface area contributed by atoms with Gasteiger partial charge >= 0.3 is 6.03 Å². The molecule has 1 fully saturated rings. The maximum Gasteiger partial charge on any atom is 0.322 e. The first-order chi connectivity index (χ1) is 9.90. The summed E-state index contributed by atoms with van der Waals surface area (Å²) in [5.74, 6) is -4.25. The summed E-state index contributed by atoms with van der Waals surface area (Å²) < 4.78 is 39.4. The zero-order valence-electron chi connectivity index (χ0n) is 12.0. The maximum atomic E-state index is 13.5. The molecule has 1 N–H and O–H groups in total. The topological polar surface area (TPSA) is 35.6 Å². The number of anilines is 1. The van der Waals surface area contributed by atoms with Gasteiger partial charge in [-0.05, 0) is 26.0 Å². The van der Waals surface area contributed by atoms with Crippen LogP contribution in [0.5, 0.6) is 0 Å². The van der Waals surface area contributed by atoms with Crippen molar-refractivity contribution in [3.63, 3.8) is 0 Å². The molecular formula is C14H18F3N3O. The van der Waals surface area contributed by atoms with Gasteiger partial charge in [0.2, 0.25) is 0 Å². The Morgan fingerprint density at radius 2 is 1.71 bits per heavy atom. The molecule has 0 spiro atoms. The number of urea groups is 1. The van der Waals surface area contributed by atoms with Gasteiger partial charge < -0.3 is 10.2 Å². The van der Waals surface area contributed by atoms with Gasteiger partial charge in [0.1, 0.15) is 0 Å². The van der Waals surface area contributed by atoms with Gasteiger partial charge in [0.05, 0.1) is 5.69 Å². The van der Waals surface area contributed by atoms with Crippen LogP contribution in [0.4, 0.5) is 23.7 Å². The van der Waals surface area contributed by atoms with E-state index in [4.69, 9.17) is 0 Å². The minimum Gasteiger partial charge on any atom is -0.322 e. The van der Waals surface area contributed by atoms with Gasteiger partial charge in [-0.15, -0.1) is 0 Å². The Labute approximate surface area is 121 Å². The fraction of sp³-hybridized carbons (Fsp3) is 0.500. The fourth-order valence-electron chi connectivity index (χ4n) is 2.26. The number of piperazine rings is 1. The molecule has 1 aliphatic rings. The van der Waals surface area contributed by atoms with Crippen LogP contribution in [0.15, 0.2) is 12.1 Å². The molecule has 0 aliphatic carbocycles. The van der Waals surface area contributed by atoms with Gasteiger partial charge in [0.15, 0.2) is 17.5 Å². The lowest BCUT2D eigenvalue weighted by Gasteiger charge is -2.36. The van der Waals surface area contributed by atoms with Crippen molar-refractivity contribution in [1.82, 2.24) is 9.80 Å². The molecule has 21 heavy (non-hydrogen) atoms. The zero-order valence-corrected chi connectivity index (χ0v) is 12.0. The summed E-state index contributed by atoms with van der Waals surface area (Å²) in [5, 5.41) is 2.28. The predicted molar refractivity (Wildman–Crippen MR) is 73.6 cm³/mol. The second-order valence-corrected chi connectivity index (χ2v) is 5.27. The second-order valence-electron chi connectivity index (χ2n) is 5.27. The predicted octanol–water partition coefficient (Wildman–Crippen LogP) is 2.66. The second kappa shape index (κ2) is 6.34. The van der Waals surface area contributed by atoms with Crippen molar-refractivity contribution in [2.24, 2.45) is 0 Å². The molecule has 1 aromatic carbocycles. The summed E-state index contributed by atoms with van der Waals surface area (Å²) in [6, 6.07) is 1.68. The van der Waals surface area contributed by atoms with Crippen LogP contribution in [0.1, 0.15) is 13.8 Å². The third-order valence-corrected chi connectivity index (χ3v) is 3.61. The number of rotatable bonds is 2. The third-order valence-electron chi connectivity index (χ3n) is 3.61. The summed E-state index contributed by atoms with van der Waals surface area (Å²) in [4.78, 5) is 15.8. The van der Waals surface area contributed by atoms with E-state index in [0.29, 0.717) is 19.1 Å². The highest BCUT2D eigenvalue weighted by atomic mass is 19.2. The van der Waals surface area contributed by atoms with Gasteiger partial charge in [-0.1, -0.05) is 0 Å². The lowest BCUT2D eigenvalue weighted by Crippen LogP contribution is -2.51. The molecule has 1 heterocycles. The molecule has 0 bridgehead atoms. The highest BCUT2D eigenvalue weighted by Gasteiger charge is 2.23. The van der Waals surface area contributed by atoms with Crippen molar-refractivity contribution in [2.75, 3.05) is 31.5 Å². The molecule has 2 rings (SSSR count). The van der Waals surface area contributed by atoms with Crippen LogP contribution in [-0.4, -0.2) is 48.1 Å². The summed E-state index contributed by atoms with van der Waals surface area (Å²) in [5.41, 5.74) is -0.356. The molecule has 0 unspecified atom stereocenters.